The van der Waals surface area contributed by atoms with Gasteiger partial charge in [-0.1, -0.05) is 30.3 Å². The fraction of sp³-hybridized carbons (Fsp3) is 0.261. The Morgan fingerprint density at radius 2 is 1.75 bits per heavy atom. The van der Waals surface area contributed by atoms with Gasteiger partial charge in [0.15, 0.2) is 5.82 Å². The van der Waals surface area contributed by atoms with Crippen LogP contribution in [0.15, 0.2) is 71.9 Å². The molecule has 1 aromatic heterocycles. The molecule has 0 aliphatic carbocycles. The van der Waals surface area contributed by atoms with Crippen molar-refractivity contribution >= 4 is 21.6 Å². The number of aromatic nitrogens is 2. The number of carbonyl (C=O) groups is 1. The van der Waals surface area contributed by atoms with Crippen molar-refractivity contribution < 1.29 is 17.9 Å². The van der Waals surface area contributed by atoms with Crippen LogP contribution in [0.1, 0.15) is 12.8 Å². The Morgan fingerprint density at radius 3 is 2.41 bits per heavy atom. The maximum Gasteiger partial charge on any atom is 0.243 e. The predicted octanol–water partition coefficient (Wildman–Crippen LogP) is 3.19. The molecular weight excluding hydrogens is 428 g/mol. The predicted molar refractivity (Wildman–Crippen MR) is 121 cm³/mol. The number of piperidine rings is 1. The Hall–Kier alpha value is -3.30. The average Bonchev–Trinajstić information content (AvgIpc) is 2.85. The Balaban J connectivity index is 1.42. The summed E-state index contributed by atoms with van der Waals surface area (Å²) in [6.07, 6.45) is 4.34. The fourth-order valence-electron chi connectivity index (χ4n) is 3.64. The first kappa shape index (κ1) is 21.9. The van der Waals surface area contributed by atoms with Crippen molar-refractivity contribution in [1.29, 1.82) is 0 Å². The van der Waals surface area contributed by atoms with Crippen LogP contribution in [-0.4, -0.2) is 48.8 Å². The molecule has 4 rings (SSSR count). The number of hydrogen-bond donors (Lipinski definition) is 1. The molecule has 1 aliphatic rings. The van der Waals surface area contributed by atoms with Crippen molar-refractivity contribution in [2.24, 2.45) is 5.92 Å². The normalized spacial score (nSPS) is 17.0. The van der Waals surface area contributed by atoms with E-state index in [2.05, 4.69) is 15.3 Å². The van der Waals surface area contributed by atoms with Gasteiger partial charge >= 0.3 is 0 Å². The van der Waals surface area contributed by atoms with Crippen LogP contribution in [0.4, 0.5) is 5.69 Å². The van der Waals surface area contributed by atoms with Crippen molar-refractivity contribution in [3.8, 4) is 17.1 Å². The van der Waals surface area contributed by atoms with E-state index in [1.807, 2.05) is 30.3 Å². The van der Waals surface area contributed by atoms with Crippen LogP contribution in [0, 0.1) is 5.92 Å². The van der Waals surface area contributed by atoms with E-state index >= 15 is 0 Å². The number of methoxy groups -OCH3 is 1. The van der Waals surface area contributed by atoms with Crippen LogP contribution < -0.4 is 10.1 Å². The molecule has 1 saturated heterocycles. The first-order valence-electron chi connectivity index (χ1n) is 10.3. The molecule has 1 fully saturated rings. The van der Waals surface area contributed by atoms with E-state index in [0.29, 0.717) is 36.6 Å². The lowest BCUT2D eigenvalue weighted by Crippen LogP contribution is -2.43. The molecule has 166 valence electrons. The lowest BCUT2D eigenvalue weighted by atomic mass is 9.99. The van der Waals surface area contributed by atoms with Crippen molar-refractivity contribution in [2.75, 3.05) is 25.5 Å². The molecule has 1 N–H and O–H groups in total. The summed E-state index contributed by atoms with van der Waals surface area (Å²) < 4.78 is 32.5. The van der Waals surface area contributed by atoms with Crippen molar-refractivity contribution in [3.63, 3.8) is 0 Å². The lowest BCUT2D eigenvalue weighted by molar-refractivity contribution is -0.120. The summed E-state index contributed by atoms with van der Waals surface area (Å²) in [5.74, 6) is 0.458. The number of nitrogens with zero attached hydrogens (tertiary/aromatic N) is 3. The van der Waals surface area contributed by atoms with E-state index in [1.165, 1.54) is 23.5 Å². The molecule has 8 nitrogen and oxygen atoms in total. The summed E-state index contributed by atoms with van der Waals surface area (Å²) in [7, 11) is -2.16. The second-order valence-electron chi connectivity index (χ2n) is 7.53. The Labute approximate surface area is 187 Å². The zero-order valence-electron chi connectivity index (χ0n) is 17.6. The molecule has 1 unspecified atom stereocenters. The fourth-order valence-corrected chi connectivity index (χ4v) is 5.17. The van der Waals surface area contributed by atoms with Gasteiger partial charge in [0.05, 0.1) is 36.0 Å². The quantitative estimate of drug-likeness (QED) is 0.616. The lowest BCUT2D eigenvalue weighted by Gasteiger charge is -2.31. The molecular formula is C23H24N4O4S. The van der Waals surface area contributed by atoms with E-state index in [9.17, 15) is 13.2 Å². The maximum atomic E-state index is 13.0. The van der Waals surface area contributed by atoms with Gasteiger partial charge in [-0.2, -0.15) is 4.31 Å². The summed E-state index contributed by atoms with van der Waals surface area (Å²) in [4.78, 5) is 21.6. The minimum Gasteiger partial charge on any atom is -0.497 e. The first-order valence-corrected chi connectivity index (χ1v) is 11.7. The smallest absolute Gasteiger partial charge is 0.243 e. The van der Waals surface area contributed by atoms with Gasteiger partial charge in [0.1, 0.15) is 5.75 Å². The number of carbonyl (C=O) groups excluding carboxylic acids is 1. The number of rotatable bonds is 6. The Kier molecular flexibility index (Phi) is 6.48. The molecule has 1 aliphatic heterocycles. The molecule has 0 bridgehead atoms. The topological polar surface area (TPSA) is 101 Å². The van der Waals surface area contributed by atoms with Gasteiger partial charge in [0.2, 0.25) is 15.9 Å². The number of amides is 1. The number of hydrogen-bond acceptors (Lipinski definition) is 6. The van der Waals surface area contributed by atoms with Crippen LogP contribution in [0.3, 0.4) is 0 Å². The summed E-state index contributed by atoms with van der Waals surface area (Å²) in [5.41, 5.74) is 1.36. The van der Waals surface area contributed by atoms with Gasteiger partial charge in [0, 0.05) is 18.7 Å². The van der Waals surface area contributed by atoms with Crippen LogP contribution in [0.2, 0.25) is 0 Å². The minimum absolute atomic E-state index is 0.128. The molecule has 1 amide bonds. The first-order chi connectivity index (χ1) is 15.5. The Bertz CT molecular complexity index is 1170. The Morgan fingerprint density at radius 1 is 1.06 bits per heavy atom. The zero-order valence-corrected chi connectivity index (χ0v) is 18.5. The third-order valence-electron chi connectivity index (χ3n) is 5.40. The molecule has 2 aromatic carbocycles. The number of nitrogens with one attached hydrogen (secondary N) is 1. The molecule has 2 heterocycles. The molecule has 0 saturated carbocycles. The molecule has 0 spiro atoms. The van der Waals surface area contributed by atoms with E-state index in [-0.39, 0.29) is 17.3 Å². The van der Waals surface area contributed by atoms with Crippen molar-refractivity contribution in [3.05, 3.63) is 67.0 Å². The van der Waals surface area contributed by atoms with E-state index in [0.717, 1.165) is 5.56 Å². The minimum atomic E-state index is -3.69. The maximum absolute atomic E-state index is 13.0. The zero-order chi connectivity index (χ0) is 22.6. The number of benzene rings is 2. The summed E-state index contributed by atoms with van der Waals surface area (Å²) in [5, 5.41) is 2.82. The highest BCUT2D eigenvalue weighted by molar-refractivity contribution is 7.89. The molecule has 9 heteroatoms. The van der Waals surface area contributed by atoms with Gasteiger partial charge in [-0.25, -0.2) is 18.4 Å². The summed E-state index contributed by atoms with van der Waals surface area (Å²) in [6.45, 7) is 0.510. The second-order valence-corrected chi connectivity index (χ2v) is 9.47. The molecule has 3 aromatic rings. The highest BCUT2D eigenvalue weighted by Crippen LogP contribution is 2.26. The standard InChI is InChI=1S/C23H24N4O4S/c1-31-20-9-11-21(12-10-20)32(29,30)27-13-5-8-18(16-27)23(28)26-19-14-24-22(25-15-19)17-6-3-2-4-7-17/h2-4,6-7,9-12,14-15,18H,5,8,13,16H2,1H3,(H,26,28). The largest absolute Gasteiger partial charge is 0.497 e. The SMILES string of the molecule is COc1ccc(S(=O)(=O)N2CCCC(C(=O)Nc3cnc(-c4ccccc4)nc3)C2)cc1. The van der Waals surface area contributed by atoms with Crippen LogP contribution in [0.25, 0.3) is 11.4 Å². The third-order valence-corrected chi connectivity index (χ3v) is 7.28. The number of ether oxygens (including phenoxy) is 1. The van der Waals surface area contributed by atoms with Crippen molar-refractivity contribution in [2.45, 2.75) is 17.7 Å². The van der Waals surface area contributed by atoms with E-state index in [1.54, 1.807) is 24.5 Å². The van der Waals surface area contributed by atoms with Crippen LogP contribution in [0.5, 0.6) is 5.75 Å². The van der Waals surface area contributed by atoms with Gasteiger partial charge in [-0.3, -0.25) is 4.79 Å². The summed E-state index contributed by atoms with van der Waals surface area (Å²) in [6, 6.07) is 15.8. The highest BCUT2D eigenvalue weighted by Gasteiger charge is 2.33. The number of sulfonamides is 1. The second kappa shape index (κ2) is 9.46. The van der Waals surface area contributed by atoms with E-state index < -0.39 is 15.9 Å². The van der Waals surface area contributed by atoms with Gasteiger partial charge in [-0.05, 0) is 37.1 Å². The van der Waals surface area contributed by atoms with E-state index in [4.69, 9.17) is 4.74 Å². The average molecular weight is 453 g/mol. The van der Waals surface area contributed by atoms with Crippen LogP contribution >= 0.6 is 0 Å². The highest BCUT2D eigenvalue weighted by atomic mass is 32.2. The molecule has 1 atom stereocenters. The van der Waals surface area contributed by atoms with Gasteiger partial charge in [0.25, 0.3) is 0 Å². The van der Waals surface area contributed by atoms with Crippen LogP contribution in [-0.2, 0) is 14.8 Å². The third kappa shape index (κ3) is 4.79. The number of anilines is 1. The van der Waals surface area contributed by atoms with Gasteiger partial charge < -0.3 is 10.1 Å². The molecule has 0 radical (unpaired) electrons. The van der Waals surface area contributed by atoms with Crippen molar-refractivity contribution in [1.82, 2.24) is 14.3 Å². The summed E-state index contributed by atoms with van der Waals surface area (Å²) >= 11 is 0. The monoisotopic (exact) mass is 452 g/mol. The van der Waals surface area contributed by atoms with Gasteiger partial charge in [-0.15, -0.1) is 0 Å². The molecule has 32 heavy (non-hydrogen) atoms.